The van der Waals surface area contributed by atoms with E-state index in [9.17, 15) is 10.1 Å². The van der Waals surface area contributed by atoms with E-state index in [1.54, 1.807) is 23.9 Å². The highest BCUT2D eigenvalue weighted by Crippen LogP contribution is 2.18. The van der Waals surface area contributed by atoms with Crippen LogP contribution in [-0.2, 0) is 5.75 Å². The predicted octanol–water partition coefficient (Wildman–Crippen LogP) is 2.57. The van der Waals surface area contributed by atoms with E-state index in [1.807, 2.05) is 13.0 Å². The van der Waals surface area contributed by atoms with Crippen LogP contribution in [0, 0.1) is 10.1 Å². The average Bonchev–Trinajstić information content (AvgIpc) is 2.24. The summed E-state index contributed by atoms with van der Waals surface area (Å²) in [6, 6.07) is 6.98. The van der Waals surface area contributed by atoms with E-state index in [-0.39, 0.29) is 16.7 Å². The van der Waals surface area contributed by atoms with Crippen LogP contribution in [0.1, 0.15) is 18.9 Å². The van der Waals surface area contributed by atoms with Gasteiger partial charge in [0.15, 0.2) is 0 Å². The molecule has 0 saturated heterocycles. The van der Waals surface area contributed by atoms with Gasteiger partial charge < -0.3 is 5.73 Å². The molecule has 0 spiro atoms. The van der Waals surface area contributed by atoms with Crippen molar-refractivity contribution in [1.29, 1.82) is 0 Å². The SMILES string of the molecule is CC(N)CCSCc1cccc([N+](=O)[O-])c1. The van der Waals surface area contributed by atoms with Crippen LogP contribution < -0.4 is 5.73 Å². The van der Waals surface area contributed by atoms with Gasteiger partial charge in [-0.2, -0.15) is 11.8 Å². The van der Waals surface area contributed by atoms with Crippen LogP contribution in [0.15, 0.2) is 24.3 Å². The van der Waals surface area contributed by atoms with Gasteiger partial charge in [-0.15, -0.1) is 0 Å². The van der Waals surface area contributed by atoms with Crippen molar-refractivity contribution >= 4 is 17.4 Å². The van der Waals surface area contributed by atoms with Crippen LogP contribution in [-0.4, -0.2) is 16.7 Å². The van der Waals surface area contributed by atoms with Crippen LogP contribution in [0.2, 0.25) is 0 Å². The standard InChI is InChI=1S/C11H16N2O2S/c1-9(12)5-6-16-8-10-3-2-4-11(7-10)13(14)15/h2-4,7,9H,5-6,8,12H2,1H3. The molecule has 88 valence electrons. The summed E-state index contributed by atoms with van der Waals surface area (Å²) in [7, 11) is 0. The highest BCUT2D eigenvalue weighted by molar-refractivity contribution is 7.98. The third-order valence-electron chi connectivity index (χ3n) is 2.11. The van der Waals surface area contributed by atoms with E-state index in [0.717, 1.165) is 23.5 Å². The second-order valence-electron chi connectivity index (χ2n) is 3.75. The van der Waals surface area contributed by atoms with Crippen molar-refractivity contribution in [3.05, 3.63) is 39.9 Å². The van der Waals surface area contributed by atoms with Crippen molar-refractivity contribution in [1.82, 2.24) is 0 Å². The number of nitrogens with two attached hydrogens (primary N) is 1. The molecule has 0 aliphatic heterocycles. The molecule has 0 radical (unpaired) electrons. The molecule has 1 aromatic carbocycles. The summed E-state index contributed by atoms with van der Waals surface area (Å²) in [5.41, 5.74) is 6.78. The molecule has 4 nitrogen and oxygen atoms in total. The molecule has 0 aliphatic rings. The summed E-state index contributed by atoms with van der Waals surface area (Å²) in [5, 5.41) is 10.6. The molecule has 0 amide bonds. The number of rotatable bonds is 6. The van der Waals surface area contributed by atoms with Gasteiger partial charge in [-0.05, 0) is 24.7 Å². The van der Waals surface area contributed by atoms with Gasteiger partial charge in [0, 0.05) is 23.9 Å². The number of hydrogen-bond acceptors (Lipinski definition) is 4. The first-order valence-electron chi connectivity index (χ1n) is 5.16. The number of non-ortho nitro benzene ring substituents is 1. The second kappa shape index (κ2) is 6.50. The molecular weight excluding hydrogens is 224 g/mol. The van der Waals surface area contributed by atoms with E-state index in [0.29, 0.717) is 0 Å². The fourth-order valence-corrected chi connectivity index (χ4v) is 2.32. The topological polar surface area (TPSA) is 69.2 Å². The van der Waals surface area contributed by atoms with Crippen molar-refractivity contribution in [2.24, 2.45) is 5.73 Å². The van der Waals surface area contributed by atoms with Crippen LogP contribution >= 0.6 is 11.8 Å². The normalized spacial score (nSPS) is 12.4. The van der Waals surface area contributed by atoms with E-state index in [4.69, 9.17) is 5.73 Å². The van der Waals surface area contributed by atoms with Gasteiger partial charge in [0.05, 0.1) is 4.92 Å². The minimum atomic E-state index is -0.365. The third-order valence-corrected chi connectivity index (χ3v) is 3.17. The van der Waals surface area contributed by atoms with Crippen LogP contribution in [0.4, 0.5) is 5.69 Å². The van der Waals surface area contributed by atoms with Crippen molar-refractivity contribution in [3.8, 4) is 0 Å². The predicted molar refractivity (Wildman–Crippen MR) is 67.5 cm³/mol. The Bertz CT molecular complexity index is 356. The molecule has 0 fully saturated rings. The Hall–Kier alpha value is -1.07. The quantitative estimate of drug-likeness (QED) is 0.471. The number of nitro groups is 1. The summed E-state index contributed by atoms with van der Waals surface area (Å²) < 4.78 is 0. The highest BCUT2D eigenvalue weighted by atomic mass is 32.2. The van der Waals surface area contributed by atoms with Crippen LogP contribution in [0.5, 0.6) is 0 Å². The maximum atomic E-state index is 10.6. The lowest BCUT2D eigenvalue weighted by atomic mass is 10.2. The van der Waals surface area contributed by atoms with Gasteiger partial charge >= 0.3 is 0 Å². The lowest BCUT2D eigenvalue weighted by Crippen LogP contribution is -2.15. The van der Waals surface area contributed by atoms with Crippen molar-refractivity contribution in [3.63, 3.8) is 0 Å². The number of hydrogen-bond donors (Lipinski definition) is 1. The molecule has 1 unspecified atom stereocenters. The van der Waals surface area contributed by atoms with Gasteiger partial charge in [-0.3, -0.25) is 10.1 Å². The van der Waals surface area contributed by atoms with E-state index < -0.39 is 0 Å². The molecule has 1 atom stereocenters. The minimum Gasteiger partial charge on any atom is -0.328 e. The molecule has 2 N–H and O–H groups in total. The van der Waals surface area contributed by atoms with Gasteiger partial charge in [0.1, 0.15) is 0 Å². The van der Waals surface area contributed by atoms with E-state index >= 15 is 0 Å². The number of nitro benzene ring substituents is 1. The van der Waals surface area contributed by atoms with Gasteiger partial charge in [-0.1, -0.05) is 12.1 Å². The van der Waals surface area contributed by atoms with Crippen molar-refractivity contribution in [2.45, 2.75) is 25.1 Å². The fourth-order valence-electron chi connectivity index (χ4n) is 1.22. The zero-order valence-electron chi connectivity index (χ0n) is 9.26. The van der Waals surface area contributed by atoms with Crippen LogP contribution in [0.3, 0.4) is 0 Å². The smallest absolute Gasteiger partial charge is 0.269 e. The number of nitrogens with zero attached hydrogens (tertiary/aromatic N) is 1. The average molecular weight is 240 g/mol. The Morgan fingerprint density at radius 3 is 2.94 bits per heavy atom. The molecule has 0 aliphatic carbocycles. The van der Waals surface area contributed by atoms with E-state index in [2.05, 4.69) is 0 Å². The lowest BCUT2D eigenvalue weighted by Gasteiger charge is -2.04. The van der Waals surface area contributed by atoms with Gasteiger partial charge in [0.25, 0.3) is 5.69 Å². The molecular formula is C11H16N2O2S. The fraction of sp³-hybridized carbons (Fsp3) is 0.455. The van der Waals surface area contributed by atoms with Crippen molar-refractivity contribution in [2.75, 3.05) is 5.75 Å². The van der Waals surface area contributed by atoms with Crippen molar-refractivity contribution < 1.29 is 4.92 Å². The molecule has 0 saturated carbocycles. The maximum absolute atomic E-state index is 10.6. The summed E-state index contributed by atoms with van der Waals surface area (Å²) in [6.07, 6.45) is 0.972. The molecule has 16 heavy (non-hydrogen) atoms. The van der Waals surface area contributed by atoms with Gasteiger partial charge in [0.2, 0.25) is 0 Å². The Labute approximate surface area is 99.4 Å². The molecule has 0 aromatic heterocycles. The highest BCUT2D eigenvalue weighted by Gasteiger charge is 2.05. The largest absolute Gasteiger partial charge is 0.328 e. The Kier molecular flexibility index (Phi) is 5.28. The Morgan fingerprint density at radius 1 is 1.56 bits per heavy atom. The maximum Gasteiger partial charge on any atom is 0.269 e. The summed E-state index contributed by atoms with van der Waals surface area (Å²) >= 11 is 1.75. The monoisotopic (exact) mass is 240 g/mol. The molecule has 1 aromatic rings. The first-order valence-corrected chi connectivity index (χ1v) is 6.31. The number of thioether (sulfide) groups is 1. The molecule has 0 heterocycles. The van der Waals surface area contributed by atoms with Gasteiger partial charge in [-0.25, -0.2) is 0 Å². The summed E-state index contributed by atoms with van der Waals surface area (Å²) in [4.78, 5) is 10.2. The molecule has 0 bridgehead atoms. The third kappa shape index (κ3) is 4.63. The first-order chi connectivity index (χ1) is 7.59. The first kappa shape index (κ1) is 13.0. The summed E-state index contributed by atoms with van der Waals surface area (Å²) in [5.74, 6) is 1.79. The summed E-state index contributed by atoms with van der Waals surface area (Å²) in [6.45, 7) is 1.98. The molecule has 5 heteroatoms. The van der Waals surface area contributed by atoms with Crippen LogP contribution in [0.25, 0.3) is 0 Å². The minimum absolute atomic E-state index is 0.158. The second-order valence-corrected chi connectivity index (χ2v) is 4.85. The lowest BCUT2D eigenvalue weighted by molar-refractivity contribution is -0.384. The Morgan fingerprint density at radius 2 is 2.31 bits per heavy atom. The Balaban J connectivity index is 2.42. The zero-order valence-corrected chi connectivity index (χ0v) is 10.1. The number of benzene rings is 1. The molecule has 1 rings (SSSR count). The zero-order chi connectivity index (χ0) is 12.0. The van der Waals surface area contributed by atoms with E-state index in [1.165, 1.54) is 6.07 Å².